The Balaban J connectivity index is 1.24. The van der Waals surface area contributed by atoms with Gasteiger partial charge in [0.2, 0.25) is 0 Å². The molecule has 2 aliphatic rings. The molecule has 2 aliphatic heterocycles. The molecule has 248 valence electrons. The first-order valence-electron chi connectivity index (χ1n) is 16.6. The van der Waals surface area contributed by atoms with E-state index in [2.05, 4.69) is 72.4 Å². The third-order valence-corrected chi connectivity index (χ3v) is 8.56. The number of nitrogens with zero attached hydrogens (tertiary/aromatic N) is 6. The van der Waals surface area contributed by atoms with Gasteiger partial charge in [0.25, 0.3) is 11.8 Å². The normalized spacial score (nSPS) is 16.4. The highest BCUT2D eigenvalue weighted by molar-refractivity contribution is 5.55. The number of ether oxygens (including phenoxy) is 3. The zero-order valence-electron chi connectivity index (χ0n) is 27.9. The Labute approximate surface area is 277 Å². The molecule has 2 aromatic heterocycles. The van der Waals surface area contributed by atoms with Gasteiger partial charge in [-0.2, -0.15) is 0 Å². The molecule has 0 radical (unpaired) electrons. The second-order valence-corrected chi connectivity index (χ2v) is 12.5. The van der Waals surface area contributed by atoms with E-state index >= 15 is 0 Å². The van der Waals surface area contributed by atoms with E-state index in [1.165, 1.54) is 11.1 Å². The lowest BCUT2D eigenvalue weighted by molar-refractivity contribution is 0.293. The molecule has 4 heterocycles. The maximum absolute atomic E-state index is 6.56. The molecule has 0 aliphatic carbocycles. The molecule has 2 unspecified atom stereocenters. The summed E-state index contributed by atoms with van der Waals surface area (Å²) < 4.78 is 18.7. The number of anilines is 2. The van der Waals surface area contributed by atoms with Crippen LogP contribution in [0.4, 0.5) is 11.6 Å². The lowest BCUT2D eigenvalue weighted by atomic mass is 10.1. The van der Waals surface area contributed by atoms with Gasteiger partial charge in [-0.15, -0.1) is 0 Å². The fourth-order valence-corrected chi connectivity index (χ4v) is 5.52. The number of aromatic nitrogens is 4. The number of aryl methyl sites for hydroxylation is 2. The first kappa shape index (κ1) is 32.5. The van der Waals surface area contributed by atoms with Crippen LogP contribution in [-0.4, -0.2) is 85.5 Å². The standard InChI is InChI=1S/C36H46N8O3/c1-25-5-9-29(10-6-25)45-23-27(3)31-21-39-35(33(41-31)43-17-13-37-14-18-43)47-36-34(44-19-15-38-16-20-44)42-32(22-40-36)28(4)24-46-30-11-7-26(2)8-12-30/h5-12,21-22,27-28,37-38H,13-20,23-24H2,1-4H3. The minimum atomic E-state index is 0.0265. The maximum atomic E-state index is 6.56. The van der Waals surface area contributed by atoms with E-state index < -0.39 is 0 Å². The molecule has 0 spiro atoms. The van der Waals surface area contributed by atoms with Crippen molar-refractivity contribution in [1.82, 2.24) is 30.6 Å². The van der Waals surface area contributed by atoms with Crippen LogP contribution in [0.5, 0.6) is 23.3 Å². The van der Waals surface area contributed by atoms with Gasteiger partial charge < -0.3 is 34.6 Å². The summed E-state index contributed by atoms with van der Waals surface area (Å²) in [6.07, 6.45) is 3.59. The number of hydrogen-bond acceptors (Lipinski definition) is 11. The van der Waals surface area contributed by atoms with Crippen molar-refractivity contribution in [3.05, 3.63) is 83.4 Å². The monoisotopic (exact) mass is 638 g/mol. The van der Waals surface area contributed by atoms with Crippen molar-refractivity contribution in [2.45, 2.75) is 39.5 Å². The molecule has 2 saturated heterocycles. The summed E-state index contributed by atoms with van der Waals surface area (Å²) >= 11 is 0. The minimum Gasteiger partial charge on any atom is -0.493 e. The van der Waals surface area contributed by atoms with E-state index in [0.717, 1.165) is 75.2 Å². The van der Waals surface area contributed by atoms with Gasteiger partial charge in [0.05, 0.1) is 37.0 Å². The van der Waals surface area contributed by atoms with Gasteiger partial charge in [0, 0.05) is 64.2 Å². The smallest absolute Gasteiger partial charge is 0.264 e. The molecule has 11 nitrogen and oxygen atoms in total. The first-order valence-corrected chi connectivity index (χ1v) is 16.6. The third-order valence-electron chi connectivity index (χ3n) is 8.56. The van der Waals surface area contributed by atoms with Gasteiger partial charge >= 0.3 is 0 Å². The van der Waals surface area contributed by atoms with Crippen molar-refractivity contribution >= 4 is 11.6 Å². The molecule has 2 aromatic carbocycles. The lowest BCUT2D eigenvalue weighted by Crippen LogP contribution is -2.44. The van der Waals surface area contributed by atoms with Crippen molar-refractivity contribution in [3.63, 3.8) is 0 Å². The highest BCUT2D eigenvalue weighted by Gasteiger charge is 2.26. The summed E-state index contributed by atoms with van der Waals surface area (Å²) in [5.74, 6) is 4.02. The molecule has 0 amide bonds. The number of nitrogens with one attached hydrogen (secondary N) is 2. The summed E-state index contributed by atoms with van der Waals surface area (Å²) in [6.45, 7) is 16.0. The van der Waals surface area contributed by atoms with Crippen LogP contribution in [0.15, 0.2) is 60.9 Å². The predicted octanol–water partition coefficient (Wildman–Crippen LogP) is 4.86. The van der Waals surface area contributed by atoms with Crippen molar-refractivity contribution in [1.29, 1.82) is 0 Å². The van der Waals surface area contributed by atoms with Gasteiger partial charge in [0.15, 0.2) is 11.6 Å². The van der Waals surface area contributed by atoms with Crippen molar-refractivity contribution < 1.29 is 14.2 Å². The second kappa shape index (κ2) is 15.4. The van der Waals surface area contributed by atoms with E-state index in [9.17, 15) is 0 Å². The topological polar surface area (TPSA) is 110 Å². The van der Waals surface area contributed by atoms with Gasteiger partial charge in [-0.25, -0.2) is 19.9 Å². The summed E-state index contributed by atoms with van der Waals surface area (Å²) in [4.78, 5) is 24.3. The Kier molecular flexibility index (Phi) is 10.6. The number of piperazine rings is 2. The molecule has 47 heavy (non-hydrogen) atoms. The Morgan fingerprint density at radius 3 is 1.38 bits per heavy atom. The fourth-order valence-electron chi connectivity index (χ4n) is 5.52. The molecule has 2 fully saturated rings. The Morgan fingerprint density at radius 2 is 1.00 bits per heavy atom. The van der Waals surface area contributed by atoms with E-state index in [1.807, 2.05) is 24.3 Å². The Bertz CT molecular complexity index is 1470. The highest BCUT2D eigenvalue weighted by Crippen LogP contribution is 2.35. The maximum Gasteiger partial charge on any atom is 0.264 e. The third kappa shape index (κ3) is 8.47. The van der Waals surface area contributed by atoms with E-state index in [1.54, 1.807) is 12.4 Å². The average Bonchev–Trinajstić information content (AvgIpc) is 3.12. The molecule has 11 heteroatoms. The Hall–Kier alpha value is -4.48. The lowest BCUT2D eigenvalue weighted by Gasteiger charge is -2.31. The largest absolute Gasteiger partial charge is 0.493 e. The van der Waals surface area contributed by atoms with Gasteiger partial charge in [0.1, 0.15) is 11.5 Å². The van der Waals surface area contributed by atoms with E-state index in [-0.39, 0.29) is 11.8 Å². The average molecular weight is 639 g/mol. The number of benzene rings is 2. The summed E-state index contributed by atoms with van der Waals surface area (Å²) in [7, 11) is 0. The van der Waals surface area contributed by atoms with Crippen LogP contribution >= 0.6 is 0 Å². The molecule has 4 aromatic rings. The van der Waals surface area contributed by atoms with Crippen LogP contribution in [0.1, 0.15) is 48.2 Å². The molecule has 0 bridgehead atoms. The summed E-state index contributed by atoms with van der Waals surface area (Å²) in [6, 6.07) is 16.2. The fraction of sp³-hybridized carbons (Fsp3) is 0.444. The van der Waals surface area contributed by atoms with Gasteiger partial charge in [-0.1, -0.05) is 49.2 Å². The van der Waals surface area contributed by atoms with E-state index in [0.29, 0.717) is 36.6 Å². The molecular weight excluding hydrogens is 592 g/mol. The number of rotatable bonds is 12. The zero-order valence-corrected chi connectivity index (χ0v) is 27.9. The van der Waals surface area contributed by atoms with Crippen LogP contribution in [0.3, 0.4) is 0 Å². The van der Waals surface area contributed by atoms with Crippen LogP contribution in [0.25, 0.3) is 0 Å². The summed E-state index contributed by atoms with van der Waals surface area (Å²) in [5.41, 5.74) is 4.11. The highest BCUT2D eigenvalue weighted by atomic mass is 16.5. The molecule has 2 atom stereocenters. The SMILES string of the molecule is Cc1ccc(OCC(C)c2cnc(Oc3ncc(C(C)COc4ccc(C)cc4)nc3N3CCNCC3)c(N3CCNCC3)n2)cc1. The first-order chi connectivity index (χ1) is 22.9. The van der Waals surface area contributed by atoms with Crippen molar-refractivity contribution in [2.75, 3.05) is 75.4 Å². The van der Waals surface area contributed by atoms with Crippen LogP contribution in [0.2, 0.25) is 0 Å². The summed E-state index contributed by atoms with van der Waals surface area (Å²) in [5, 5.41) is 6.86. The molecule has 2 N–H and O–H groups in total. The molecular formula is C36H46N8O3. The molecule has 6 rings (SSSR count). The Morgan fingerprint density at radius 1 is 0.617 bits per heavy atom. The van der Waals surface area contributed by atoms with Gasteiger partial charge in [-0.3, -0.25) is 0 Å². The minimum absolute atomic E-state index is 0.0265. The van der Waals surface area contributed by atoms with Crippen molar-refractivity contribution in [2.24, 2.45) is 0 Å². The van der Waals surface area contributed by atoms with Crippen LogP contribution < -0.4 is 34.6 Å². The quantitative estimate of drug-likeness (QED) is 0.222. The van der Waals surface area contributed by atoms with Gasteiger partial charge in [-0.05, 0) is 38.1 Å². The van der Waals surface area contributed by atoms with E-state index in [4.69, 9.17) is 34.1 Å². The zero-order chi connectivity index (χ0) is 32.6. The van der Waals surface area contributed by atoms with Crippen LogP contribution in [-0.2, 0) is 0 Å². The number of hydrogen-bond donors (Lipinski definition) is 2. The second-order valence-electron chi connectivity index (χ2n) is 12.5. The van der Waals surface area contributed by atoms with Crippen LogP contribution in [0, 0.1) is 13.8 Å². The van der Waals surface area contributed by atoms with Crippen molar-refractivity contribution in [3.8, 4) is 23.3 Å². The predicted molar refractivity (Wildman–Crippen MR) is 184 cm³/mol. The molecule has 0 saturated carbocycles.